The molecule has 0 amide bonds. The number of rotatable bonds is 8. The van der Waals surface area contributed by atoms with Crippen LogP contribution in [0, 0.1) is 5.92 Å². The van der Waals surface area contributed by atoms with Gasteiger partial charge >= 0.3 is 0 Å². The maximum Gasteiger partial charge on any atom is 0.147 e. The molecule has 2 atom stereocenters. The van der Waals surface area contributed by atoms with Crippen molar-refractivity contribution in [2.24, 2.45) is 5.92 Å². The van der Waals surface area contributed by atoms with Crippen LogP contribution in [0.5, 0.6) is 0 Å². The van der Waals surface area contributed by atoms with E-state index >= 15 is 0 Å². The van der Waals surface area contributed by atoms with Crippen molar-refractivity contribution in [3.8, 4) is 0 Å². The Labute approximate surface area is 121 Å². The topological polar surface area (TPSA) is 46.2 Å². The summed E-state index contributed by atoms with van der Waals surface area (Å²) in [5.74, 6) is 0.586. The number of ketones is 2. The van der Waals surface area contributed by atoms with Crippen molar-refractivity contribution in [2.45, 2.75) is 52.6 Å². The van der Waals surface area contributed by atoms with Gasteiger partial charge in [-0.05, 0) is 38.2 Å². The average Bonchev–Trinajstić information content (AvgIpc) is 2.37. The fourth-order valence-corrected chi connectivity index (χ4v) is 2.24. The van der Waals surface area contributed by atoms with E-state index in [4.69, 9.17) is 0 Å². The second-order valence-electron chi connectivity index (χ2n) is 5.81. The van der Waals surface area contributed by atoms with Gasteiger partial charge in [-0.15, -0.1) is 0 Å². The third-order valence-corrected chi connectivity index (χ3v) is 3.37. The van der Waals surface area contributed by atoms with Crippen molar-refractivity contribution < 1.29 is 9.59 Å². The molecule has 0 radical (unpaired) electrons. The molecule has 0 aromatic heterocycles. The summed E-state index contributed by atoms with van der Waals surface area (Å²) in [6, 6.07) is 9.34. The summed E-state index contributed by atoms with van der Waals surface area (Å²) in [6.07, 6.45) is 1.38. The number of benzene rings is 1. The van der Waals surface area contributed by atoms with E-state index in [9.17, 15) is 9.59 Å². The first kappa shape index (κ1) is 16.6. The van der Waals surface area contributed by atoms with Crippen molar-refractivity contribution >= 4 is 11.6 Å². The van der Waals surface area contributed by atoms with Crippen LogP contribution < -0.4 is 5.32 Å². The van der Waals surface area contributed by atoms with E-state index in [0.29, 0.717) is 12.3 Å². The molecule has 20 heavy (non-hydrogen) atoms. The van der Waals surface area contributed by atoms with Crippen LogP contribution in [0.4, 0.5) is 0 Å². The van der Waals surface area contributed by atoms with Crippen molar-refractivity contribution in [2.75, 3.05) is 0 Å². The minimum absolute atomic E-state index is 0.0730. The van der Waals surface area contributed by atoms with Crippen LogP contribution in [-0.4, -0.2) is 23.7 Å². The summed E-state index contributed by atoms with van der Waals surface area (Å²) < 4.78 is 0. The maximum absolute atomic E-state index is 11.8. The standard InChI is InChI=1S/C17H25NO2/c1-12(2)10-16(13(3)19)18-17(14(4)20)11-15-8-6-5-7-9-15/h5-9,12,16-18H,10-11H2,1-4H3. The Morgan fingerprint density at radius 3 is 2.00 bits per heavy atom. The van der Waals surface area contributed by atoms with Gasteiger partial charge in [-0.2, -0.15) is 0 Å². The van der Waals surface area contributed by atoms with Crippen molar-refractivity contribution in [3.63, 3.8) is 0 Å². The zero-order chi connectivity index (χ0) is 15.1. The molecule has 110 valence electrons. The van der Waals surface area contributed by atoms with E-state index in [1.165, 1.54) is 0 Å². The molecule has 0 saturated carbocycles. The lowest BCUT2D eigenvalue weighted by atomic mass is 9.97. The summed E-state index contributed by atoms with van der Waals surface area (Å²) >= 11 is 0. The third kappa shape index (κ3) is 5.66. The number of carbonyl (C=O) groups is 2. The van der Waals surface area contributed by atoms with E-state index in [-0.39, 0.29) is 23.7 Å². The minimum atomic E-state index is -0.301. The van der Waals surface area contributed by atoms with Gasteiger partial charge in [0, 0.05) is 0 Å². The first-order valence-corrected chi connectivity index (χ1v) is 7.21. The Hall–Kier alpha value is -1.48. The quantitative estimate of drug-likeness (QED) is 0.793. The average molecular weight is 275 g/mol. The van der Waals surface area contributed by atoms with E-state index in [2.05, 4.69) is 19.2 Å². The first-order valence-electron chi connectivity index (χ1n) is 7.21. The van der Waals surface area contributed by atoms with Gasteiger partial charge in [0.25, 0.3) is 0 Å². The van der Waals surface area contributed by atoms with Gasteiger partial charge in [0.15, 0.2) is 0 Å². The molecule has 0 aliphatic rings. The zero-order valence-electron chi connectivity index (χ0n) is 12.8. The van der Waals surface area contributed by atoms with Crippen LogP contribution in [0.2, 0.25) is 0 Å². The second kappa shape index (κ2) is 7.95. The van der Waals surface area contributed by atoms with Crippen molar-refractivity contribution in [1.29, 1.82) is 0 Å². The van der Waals surface area contributed by atoms with E-state index < -0.39 is 0 Å². The summed E-state index contributed by atoms with van der Waals surface area (Å²) in [4.78, 5) is 23.5. The molecule has 3 nitrogen and oxygen atoms in total. The molecular weight excluding hydrogens is 250 g/mol. The molecule has 0 bridgehead atoms. The smallest absolute Gasteiger partial charge is 0.147 e. The van der Waals surface area contributed by atoms with E-state index in [1.807, 2.05) is 30.3 Å². The van der Waals surface area contributed by atoms with Crippen molar-refractivity contribution in [1.82, 2.24) is 5.32 Å². The summed E-state index contributed by atoms with van der Waals surface area (Å²) in [6.45, 7) is 7.32. The summed E-state index contributed by atoms with van der Waals surface area (Å²) in [5, 5.41) is 3.23. The predicted octanol–water partition coefficient (Wildman–Crippen LogP) is 2.78. The molecule has 1 rings (SSSR count). The van der Waals surface area contributed by atoms with E-state index in [0.717, 1.165) is 12.0 Å². The monoisotopic (exact) mass is 275 g/mol. The Balaban J connectivity index is 2.75. The minimum Gasteiger partial charge on any atom is -0.298 e. The lowest BCUT2D eigenvalue weighted by molar-refractivity contribution is -0.121. The molecule has 0 saturated heterocycles. The third-order valence-electron chi connectivity index (χ3n) is 3.37. The second-order valence-corrected chi connectivity index (χ2v) is 5.81. The fraction of sp³-hybridized carbons (Fsp3) is 0.529. The van der Waals surface area contributed by atoms with Gasteiger partial charge in [0.2, 0.25) is 0 Å². The Morgan fingerprint density at radius 2 is 1.55 bits per heavy atom. The predicted molar refractivity (Wildman–Crippen MR) is 81.7 cm³/mol. The Morgan fingerprint density at radius 1 is 1.00 bits per heavy atom. The number of Topliss-reactive ketones (excluding diaryl/α,β-unsaturated/α-hetero) is 2. The van der Waals surface area contributed by atoms with Gasteiger partial charge < -0.3 is 0 Å². The van der Waals surface area contributed by atoms with Gasteiger partial charge in [-0.3, -0.25) is 14.9 Å². The highest BCUT2D eigenvalue weighted by atomic mass is 16.1. The van der Waals surface area contributed by atoms with Crippen LogP contribution in [0.15, 0.2) is 30.3 Å². The SMILES string of the molecule is CC(=O)C(Cc1ccccc1)NC(CC(C)C)C(C)=O. The highest BCUT2D eigenvalue weighted by molar-refractivity contribution is 5.85. The lowest BCUT2D eigenvalue weighted by Crippen LogP contribution is -2.47. The highest BCUT2D eigenvalue weighted by Crippen LogP contribution is 2.10. The van der Waals surface area contributed by atoms with Gasteiger partial charge in [-0.1, -0.05) is 44.2 Å². The number of hydrogen-bond acceptors (Lipinski definition) is 3. The molecule has 0 aliphatic heterocycles. The van der Waals surface area contributed by atoms with Gasteiger partial charge in [0.05, 0.1) is 12.1 Å². The van der Waals surface area contributed by atoms with Crippen LogP contribution in [-0.2, 0) is 16.0 Å². The fourth-order valence-electron chi connectivity index (χ4n) is 2.24. The molecule has 2 unspecified atom stereocenters. The molecule has 0 spiro atoms. The molecule has 1 aromatic carbocycles. The number of nitrogens with one attached hydrogen (secondary N) is 1. The number of hydrogen-bond donors (Lipinski definition) is 1. The summed E-state index contributed by atoms with van der Waals surface area (Å²) in [5.41, 5.74) is 1.10. The highest BCUT2D eigenvalue weighted by Gasteiger charge is 2.23. The molecule has 1 N–H and O–H groups in total. The van der Waals surface area contributed by atoms with Crippen molar-refractivity contribution in [3.05, 3.63) is 35.9 Å². The Bertz CT molecular complexity index is 440. The van der Waals surface area contributed by atoms with Gasteiger partial charge in [0.1, 0.15) is 11.6 Å². The van der Waals surface area contributed by atoms with Gasteiger partial charge in [-0.25, -0.2) is 0 Å². The van der Waals surface area contributed by atoms with Crippen LogP contribution in [0.25, 0.3) is 0 Å². The molecular formula is C17H25NO2. The lowest BCUT2D eigenvalue weighted by Gasteiger charge is -2.24. The molecule has 1 aromatic rings. The van der Waals surface area contributed by atoms with E-state index in [1.54, 1.807) is 13.8 Å². The largest absolute Gasteiger partial charge is 0.298 e. The number of carbonyl (C=O) groups excluding carboxylic acids is 2. The normalized spacial score (nSPS) is 14.1. The van der Waals surface area contributed by atoms with Crippen LogP contribution in [0.1, 0.15) is 39.7 Å². The zero-order valence-corrected chi connectivity index (χ0v) is 12.8. The molecule has 0 fully saturated rings. The van der Waals surface area contributed by atoms with Crippen LogP contribution >= 0.6 is 0 Å². The molecule has 3 heteroatoms. The summed E-state index contributed by atoms with van der Waals surface area (Å²) in [7, 11) is 0. The molecule has 0 heterocycles. The van der Waals surface area contributed by atoms with Crippen LogP contribution in [0.3, 0.4) is 0 Å². The maximum atomic E-state index is 11.8. The molecule has 0 aliphatic carbocycles. The Kier molecular flexibility index (Phi) is 6.59. The first-order chi connectivity index (χ1) is 9.40.